The fourth-order valence-corrected chi connectivity index (χ4v) is 2.32. The Morgan fingerprint density at radius 3 is 2.67 bits per heavy atom. The molecule has 0 aliphatic heterocycles. The van der Waals surface area contributed by atoms with Crippen LogP contribution in [0.3, 0.4) is 0 Å². The van der Waals surface area contributed by atoms with Gasteiger partial charge in [0.1, 0.15) is 6.29 Å². The smallest absolute Gasteiger partial charge is 0.127 e. The number of hydrogen-bond donors (Lipinski definition) is 0. The molecule has 0 saturated heterocycles. The number of hydrogen-bond acceptors (Lipinski definition) is 1. The van der Waals surface area contributed by atoms with Crippen molar-refractivity contribution in [2.45, 2.75) is 12.8 Å². The molecule has 0 bridgehead atoms. The summed E-state index contributed by atoms with van der Waals surface area (Å²) in [7, 11) is 0. The molecule has 0 spiro atoms. The molecule has 0 amide bonds. The molecule has 3 heteroatoms. The highest BCUT2D eigenvalue weighted by molar-refractivity contribution is 14.1. The first kappa shape index (κ1) is 10.4. The van der Waals surface area contributed by atoms with Crippen molar-refractivity contribution in [1.29, 1.82) is 0 Å². The Morgan fingerprint density at radius 1 is 1.42 bits per heavy atom. The molecule has 0 heterocycles. The first-order valence-corrected chi connectivity index (χ1v) is 5.71. The highest BCUT2D eigenvalue weighted by Gasteiger charge is 2.09. The van der Waals surface area contributed by atoms with E-state index in [2.05, 4.69) is 45.2 Å². The molecule has 0 aliphatic carbocycles. The van der Waals surface area contributed by atoms with Crippen LogP contribution in [-0.4, -0.2) is 6.29 Å². The monoisotopic (exact) mass is 386 g/mol. The number of aldehydes is 1. The Labute approximate surface area is 99.2 Å². The van der Waals surface area contributed by atoms with Gasteiger partial charge in [-0.1, -0.05) is 19.1 Å². The van der Waals surface area contributed by atoms with Gasteiger partial charge in [0.05, 0.1) is 0 Å². The largest absolute Gasteiger partial charge is 0.303 e. The highest BCUT2D eigenvalue weighted by atomic mass is 127. The number of rotatable bonds is 2. The van der Waals surface area contributed by atoms with Crippen LogP contribution in [0.4, 0.5) is 0 Å². The fourth-order valence-electron chi connectivity index (χ4n) is 0.945. The summed E-state index contributed by atoms with van der Waals surface area (Å²) in [5.74, 6) is 0.00613. The summed E-state index contributed by atoms with van der Waals surface area (Å²) in [6, 6.07) is 6.03. The molecule has 0 saturated carbocycles. The Hall–Kier alpha value is 0.350. The molecule has 1 unspecified atom stereocenters. The zero-order chi connectivity index (χ0) is 9.14. The molecular formula is C9H8I2O. The molecule has 12 heavy (non-hydrogen) atoms. The predicted molar refractivity (Wildman–Crippen MR) is 66.4 cm³/mol. The molecule has 1 atom stereocenters. The molecule has 64 valence electrons. The maximum atomic E-state index is 10.6. The van der Waals surface area contributed by atoms with E-state index in [1.807, 2.05) is 25.1 Å². The number of benzene rings is 1. The topological polar surface area (TPSA) is 17.1 Å². The van der Waals surface area contributed by atoms with Crippen LogP contribution in [0.5, 0.6) is 0 Å². The first-order chi connectivity index (χ1) is 5.66. The molecule has 1 nitrogen and oxygen atoms in total. The van der Waals surface area contributed by atoms with Gasteiger partial charge in [-0.05, 0) is 56.8 Å². The van der Waals surface area contributed by atoms with Gasteiger partial charge >= 0.3 is 0 Å². The Morgan fingerprint density at radius 2 is 2.08 bits per heavy atom. The van der Waals surface area contributed by atoms with Crippen LogP contribution in [0, 0.1) is 7.14 Å². The molecule has 0 fully saturated rings. The van der Waals surface area contributed by atoms with Gasteiger partial charge in [0.15, 0.2) is 0 Å². The van der Waals surface area contributed by atoms with Crippen LogP contribution in [0.25, 0.3) is 0 Å². The number of carbonyl (C=O) groups excluding carboxylic acids is 1. The van der Waals surface area contributed by atoms with E-state index in [1.54, 1.807) is 0 Å². The van der Waals surface area contributed by atoms with Crippen LogP contribution in [0.2, 0.25) is 0 Å². The summed E-state index contributed by atoms with van der Waals surface area (Å²) in [6.07, 6.45) is 0.980. The highest BCUT2D eigenvalue weighted by Crippen LogP contribution is 2.24. The van der Waals surface area contributed by atoms with Gasteiger partial charge in [-0.2, -0.15) is 0 Å². The van der Waals surface area contributed by atoms with Gasteiger partial charge in [-0.3, -0.25) is 0 Å². The van der Waals surface area contributed by atoms with Crippen molar-refractivity contribution in [3.05, 3.63) is 30.9 Å². The predicted octanol–water partition coefficient (Wildman–Crippen LogP) is 3.20. The summed E-state index contributed by atoms with van der Waals surface area (Å²) < 4.78 is 2.40. The van der Waals surface area contributed by atoms with E-state index in [0.29, 0.717) is 0 Å². The average molecular weight is 386 g/mol. The maximum absolute atomic E-state index is 10.6. The lowest BCUT2D eigenvalue weighted by molar-refractivity contribution is -0.108. The summed E-state index contributed by atoms with van der Waals surface area (Å²) in [6.45, 7) is 1.92. The van der Waals surface area contributed by atoms with E-state index in [0.717, 1.165) is 11.8 Å². The lowest BCUT2D eigenvalue weighted by atomic mass is 10.0. The Balaban J connectivity index is 3.15. The second-order valence-electron chi connectivity index (χ2n) is 2.57. The molecule has 0 aliphatic rings. The summed E-state index contributed by atoms with van der Waals surface area (Å²) in [5, 5.41) is 0. The summed E-state index contributed by atoms with van der Waals surface area (Å²) in [4.78, 5) is 10.6. The van der Waals surface area contributed by atoms with Crippen LogP contribution in [0.1, 0.15) is 18.4 Å². The van der Waals surface area contributed by atoms with Crippen LogP contribution >= 0.6 is 45.2 Å². The second kappa shape index (κ2) is 4.55. The molecule has 0 N–H and O–H groups in total. The van der Waals surface area contributed by atoms with Gasteiger partial charge in [-0.25, -0.2) is 0 Å². The van der Waals surface area contributed by atoms with E-state index in [4.69, 9.17) is 0 Å². The SMILES string of the molecule is CC(C=O)c1cccc(I)c1I. The van der Waals surface area contributed by atoms with Crippen molar-refractivity contribution < 1.29 is 4.79 Å². The third kappa shape index (κ3) is 2.18. The van der Waals surface area contributed by atoms with Gasteiger partial charge in [0.2, 0.25) is 0 Å². The van der Waals surface area contributed by atoms with Crippen molar-refractivity contribution >= 4 is 51.5 Å². The molecular weight excluding hydrogens is 378 g/mol. The van der Waals surface area contributed by atoms with Crippen molar-refractivity contribution in [2.24, 2.45) is 0 Å². The van der Waals surface area contributed by atoms with Gasteiger partial charge in [-0.15, -0.1) is 0 Å². The van der Waals surface area contributed by atoms with E-state index in [-0.39, 0.29) is 5.92 Å². The molecule has 0 radical (unpaired) electrons. The van der Waals surface area contributed by atoms with E-state index in [9.17, 15) is 4.79 Å². The third-order valence-corrected chi connectivity index (χ3v) is 4.81. The van der Waals surface area contributed by atoms with E-state index >= 15 is 0 Å². The van der Waals surface area contributed by atoms with Crippen LogP contribution in [0.15, 0.2) is 18.2 Å². The molecule has 1 aromatic rings. The van der Waals surface area contributed by atoms with Crippen molar-refractivity contribution in [3.8, 4) is 0 Å². The minimum atomic E-state index is 0.00613. The first-order valence-electron chi connectivity index (χ1n) is 3.56. The Kier molecular flexibility index (Phi) is 3.95. The number of carbonyl (C=O) groups is 1. The summed E-state index contributed by atoms with van der Waals surface area (Å²) in [5.41, 5.74) is 1.12. The third-order valence-electron chi connectivity index (χ3n) is 1.68. The zero-order valence-corrected chi connectivity index (χ0v) is 10.9. The van der Waals surface area contributed by atoms with Gasteiger partial charge < -0.3 is 4.79 Å². The van der Waals surface area contributed by atoms with E-state index < -0.39 is 0 Å². The molecule has 1 aromatic carbocycles. The minimum absolute atomic E-state index is 0.00613. The lowest BCUT2D eigenvalue weighted by Gasteiger charge is -2.07. The van der Waals surface area contributed by atoms with E-state index in [1.165, 1.54) is 7.14 Å². The molecule has 1 rings (SSSR count). The van der Waals surface area contributed by atoms with Crippen LogP contribution < -0.4 is 0 Å². The fraction of sp³-hybridized carbons (Fsp3) is 0.222. The quantitative estimate of drug-likeness (QED) is 0.564. The standard InChI is InChI=1S/C9H8I2O/c1-6(5-12)7-3-2-4-8(10)9(7)11/h2-6H,1H3. The summed E-state index contributed by atoms with van der Waals surface area (Å²) >= 11 is 4.55. The lowest BCUT2D eigenvalue weighted by Crippen LogP contribution is -1.98. The minimum Gasteiger partial charge on any atom is -0.303 e. The maximum Gasteiger partial charge on any atom is 0.127 e. The van der Waals surface area contributed by atoms with Crippen molar-refractivity contribution in [3.63, 3.8) is 0 Å². The Bertz CT molecular complexity index is 297. The van der Waals surface area contributed by atoms with Crippen molar-refractivity contribution in [1.82, 2.24) is 0 Å². The normalized spacial score (nSPS) is 12.6. The zero-order valence-electron chi connectivity index (χ0n) is 6.55. The average Bonchev–Trinajstić information content (AvgIpc) is 2.08. The van der Waals surface area contributed by atoms with Gasteiger partial charge in [0, 0.05) is 13.1 Å². The van der Waals surface area contributed by atoms with Crippen LogP contribution in [-0.2, 0) is 4.79 Å². The van der Waals surface area contributed by atoms with Crippen molar-refractivity contribution in [2.75, 3.05) is 0 Å². The second-order valence-corrected chi connectivity index (χ2v) is 4.81. The van der Waals surface area contributed by atoms with Gasteiger partial charge in [0.25, 0.3) is 0 Å². The molecule has 0 aromatic heterocycles. The number of halogens is 2.